The van der Waals surface area contributed by atoms with Crippen molar-refractivity contribution in [2.24, 2.45) is 17.0 Å². The molecule has 0 spiro atoms. The van der Waals surface area contributed by atoms with Crippen molar-refractivity contribution in [3.8, 4) is 0 Å². The van der Waals surface area contributed by atoms with Gasteiger partial charge in [-0.05, 0) is 36.0 Å². The highest BCUT2D eigenvalue weighted by Gasteiger charge is 2.26. The summed E-state index contributed by atoms with van der Waals surface area (Å²) in [4.78, 5) is 0.168. The molecule has 0 saturated heterocycles. The molecule has 1 aromatic rings. The van der Waals surface area contributed by atoms with Crippen LogP contribution in [-0.4, -0.2) is 14.5 Å². The van der Waals surface area contributed by atoms with Gasteiger partial charge in [-0.3, -0.25) is 0 Å². The van der Waals surface area contributed by atoms with Crippen molar-refractivity contribution < 1.29 is 8.42 Å². The number of hydrogen-bond donors (Lipinski definition) is 2. The van der Waals surface area contributed by atoms with Gasteiger partial charge in [-0.25, -0.2) is 13.6 Å². The van der Waals surface area contributed by atoms with E-state index in [1.807, 2.05) is 12.1 Å². The van der Waals surface area contributed by atoms with Crippen molar-refractivity contribution >= 4 is 10.0 Å². The van der Waals surface area contributed by atoms with Crippen LogP contribution in [0.1, 0.15) is 38.7 Å². The van der Waals surface area contributed by atoms with E-state index in [0.29, 0.717) is 12.0 Å². The van der Waals surface area contributed by atoms with E-state index >= 15 is 0 Å². The molecule has 1 aliphatic rings. The summed E-state index contributed by atoms with van der Waals surface area (Å²) in [6.07, 6.45) is 3.83. The second-order valence-corrected chi connectivity index (χ2v) is 7.51. The summed E-state index contributed by atoms with van der Waals surface area (Å²) >= 11 is 0. The number of sulfonamides is 1. The van der Waals surface area contributed by atoms with Gasteiger partial charge in [0.15, 0.2) is 0 Å². The third kappa shape index (κ3) is 3.81. The molecule has 112 valence electrons. The van der Waals surface area contributed by atoms with Gasteiger partial charge in [0, 0.05) is 12.6 Å². The Morgan fingerprint density at radius 2 is 1.85 bits per heavy atom. The highest BCUT2D eigenvalue weighted by atomic mass is 32.2. The zero-order chi connectivity index (χ0) is 14.8. The Labute approximate surface area is 121 Å². The lowest BCUT2D eigenvalue weighted by Gasteiger charge is -2.34. The molecule has 2 rings (SSSR count). The van der Waals surface area contributed by atoms with Crippen molar-refractivity contribution in [2.45, 2.75) is 50.6 Å². The van der Waals surface area contributed by atoms with E-state index in [4.69, 9.17) is 5.14 Å². The number of nitrogens with two attached hydrogens (primary N) is 1. The van der Waals surface area contributed by atoms with E-state index in [0.717, 1.165) is 18.0 Å². The highest BCUT2D eigenvalue weighted by Crippen LogP contribution is 2.29. The minimum Gasteiger partial charge on any atom is -0.310 e. The van der Waals surface area contributed by atoms with Crippen LogP contribution in [0.3, 0.4) is 0 Å². The zero-order valence-corrected chi connectivity index (χ0v) is 13.0. The van der Waals surface area contributed by atoms with Gasteiger partial charge in [0.05, 0.1) is 4.90 Å². The number of benzene rings is 1. The smallest absolute Gasteiger partial charge is 0.238 e. The average molecular weight is 296 g/mol. The predicted molar refractivity (Wildman–Crippen MR) is 80.6 cm³/mol. The summed E-state index contributed by atoms with van der Waals surface area (Å²) in [6, 6.07) is 7.34. The van der Waals surface area contributed by atoms with Crippen molar-refractivity contribution in [2.75, 3.05) is 0 Å². The molecule has 4 nitrogen and oxygen atoms in total. The minimum atomic E-state index is -3.59. The highest BCUT2D eigenvalue weighted by molar-refractivity contribution is 7.89. The standard InChI is InChI=1S/C15H24N2O2S/c1-11-4-3-5-15(12(11)2)17-10-13-6-8-14(9-7-13)20(16,18)19/h6-9,11-12,15,17H,3-5,10H2,1-2H3,(H2,16,18,19). The van der Waals surface area contributed by atoms with Gasteiger partial charge in [-0.1, -0.05) is 38.8 Å². The molecule has 20 heavy (non-hydrogen) atoms. The average Bonchev–Trinajstić information content (AvgIpc) is 2.40. The van der Waals surface area contributed by atoms with Crippen molar-refractivity contribution in [1.82, 2.24) is 5.32 Å². The molecule has 5 heteroatoms. The second-order valence-electron chi connectivity index (χ2n) is 5.94. The normalized spacial score (nSPS) is 27.4. The molecule has 1 saturated carbocycles. The van der Waals surface area contributed by atoms with E-state index in [9.17, 15) is 8.42 Å². The quantitative estimate of drug-likeness (QED) is 0.895. The topological polar surface area (TPSA) is 72.2 Å². The van der Waals surface area contributed by atoms with E-state index in [2.05, 4.69) is 19.2 Å². The first kappa shape index (κ1) is 15.5. The summed E-state index contributed by atoms with van der Waals surface area (Å²) in [5, 5.41) is 8.68. The third-order valence-electron chi connectivity index (χ3n) is 4.53. The molecular formula is C15H24N2O2S. The Kier molecular flexibility index (Phi) is 4.83. The van der Waals surface area contributed by atoms with E-state index in [-0.39, 0.29) is 4.90 Å². The van der Waals surface area contributed by atoms with Crippen LogP contribution in [0, 0.1) is 11.8 Å². The summed E-state index contributed by atoms with van der Waals surface area (Å²) in [6.45, 7) is 5.40. The first-order valence-corrected chi connectivity index (χ1v) is 8.77. The zero-order valence-electron chi connectivity index (χ0n) is 12.2. The fourth-order valence-electron chi connectivity index (χ4n) is 2.92. The van der Waals surface area contributed by atoms with Crippen LogP contribution in [-0.2, 0) is 16.6 Å². The molecule has 0 bridgehead atoms. The molecule has 1 aliphatic carbocycles. The largest absolute Gasteiger partial charge is 0.310 e. The lowest BCUT2D eigenvalue weighted by molar-refractivity contribution is 0.206. The van der Waals surface area contributed by atoms with Crippen LogP contribution in [0.25, 0.3) is 0 Å². The summed E-state index contributed by atoms with van der Waals surface area (Å²) in [7, 11) is -3.59. The van der Waals surface area contributed by atoms with Crippen LogP contribution in [0.2, 0.25) is 0 Å². The van der Waals surface area contributed by atoms with Crippen molar-refractivity contribution in [3.05, 3.63) is 29.8 Å². The second kappa shape index (κ2) is 6.24. The fourth-order valence-corrected chi connectivity index (χ4v) is 3.43. The Morgan fingerprint density at radius 1 is 1.20 bits per heavy atom. The monoisotopic (exact) mass is 296 g/mol. The number of primary sulfonamides is 1. The maximum Gasteiger partial charge on any atom is 0.238 e. The predicted octanol–water partition coefficient (Wildman–Crippen LogP) is 2.25. The van der Waals surface area contributed by atoms with Gasteiger partial charge in [0.2, 0.25) is 10.0 Å². The van der Waals surface area contributed by atoms with Gasteiger partial charge in [0.1, 0.15) is 0 Å². The van der Waals surface area contributed by atoms with E-state index in [1.54, 1.807) is 12.1 Å². The fraction of sp³-hybridized carbons (Fsp3) is 0.600. The molecule has 3 atom stereocenters. The minimum absolute atomic E-state index is 0.168. The Hall–Kier alpha value is -0.910. The molecule has 0 amide bonds. The van der Waals surface area contributed by atoms with E-state index in [1.165, 1.54) is 19.3 Å². The first-order valence-electron chi connectivity index (χ1n) is 7.23. The van der Waals surface area contributed by atoms with Gasteiger partial charge in [-0.2, -0.15) is 0 Å². The van der Waals surface area contributed by atoms with Gasteiger partial charge in [-0.15, -0.1) is 0 Å². The van der Waals surface area contributed by atoms with Crippen molar-refractivity contribution in [1.29, 1.82) is 0 Å². The molecule has 1 aromatic carbocycles. The Morgan fingerprint density at radius 3 is 2.45 bits per heavy atom. The number of hydrogen-bond acceptors (Lipinski definition) is 3. The SMILES string of the molecule is CC1CCCC(NCc2ccc(S(N)(=O)=O)cc2)C1C. The van der Waals surface area contributed by atoms with Crippen LogP contribution >= 0.6 is 0 Å². The molecule has 0 radical (unpaired) electrons. The van der Waals surface area contributed by atoms with Crippen LogP contribution < -0.4 is 10.5 Å². The maximum absolute atomic E-state index is 11.2. The third-order valence-corrected chi connectivity index (χ3v) is 5.46. The lowest BCUT2D eigenvalue weighted by Crippen LogP contribution is -2.40. The van der Waals surface area contributed by atoms with Gasteiger partial charge < -0.3 is 5.32 Å². The molecule has 1 fully saturated rings. The number of rotatable bonds is 4. The van der Waals surface area contributed by atoms with E-state index < -0.39 is 10.0 Å². The Balaban J connectivity index is 1.94. The number of nitrogens with one attached hydrogen (secondary N) is 1. The summed E-state index contributed by atoms with van der Waals surface area (Å²) in [5.74, 6) is 1.46. The maximum atomic E-state index is 11.2. The molecule has 0 aliphatic heterocycles. The lowest BCUT2D eigenvalue weighted by atomic mass is 9.78. The van der Waals surface area contributed by atoms with Crippen LogP contribution in [0.4, 0.5) is 0 Å². The Bertz CT molecular complexity index is 539. The van der Waals surface area contributed by atoms with Crippen LogP contribution in [0.15, 0.2) is 29.2 Å². The summed E-state index contributed by atoms with van der Waals surface area (Å²) in [5.41, 5.74) is 1.09. The first-order chi connectivity index (χ1) is 9.38. The molecule has 3 unspecified atom stereocenters. The molecule has 0 heterocycles. The summed E-state index contributed by atoms with van der Waals surface area (Å²) < 4.78 is 22.4. The molecule has 3 N–H and O–H groups in total. The van der Waals surface area contributed by atoms with Crippen molar-refractivity contribution in [3.63, 3.8) is 0 Å². The molecule has 0 aromatic heterocycles. The van der Waals surface area contributed by atoms with Gasteiger partial charge >= 0.3 is 0 Å². The van der Waals surface area contributed by atoms with Gasteiger partial charge in [0.25, 0.3) is 0 Å². The van der Waals surface area contributed by atoms with Crippen LogP contribution in [0.5, 0.6) is 0 Å². The molecular weight excluding hydrogens is 272 g/mol.